The number of methoxy groups -OCH3 is 1. The third-order valence-electron chi connectivity index (χ3n) is 3.36. The Bertz CT molecular complexity index is 136. The van der Waals surface area contributed by atoms with Gasteiger partial charge in [-0.05, 0) is 24.7 Å². The molecule has 0 aliphatic carbocycles. The van der Waals surface area contributed by atoms with Gasteiger partial charge in [-0.1, -0.05) is 27.7 Å². The molecule has 2 N–H and O–H groups in total. The Morgan fingerprint density at radius 3 is 2.15 bits per heavy atom. The molecule has 0 aliphatic heterocycles. The van der Waals surface area contributed by atoms with Crippen LogP contribution in [-0.4, -0.2) is 19.3 Å². The molecule has 13 heavy (non-hydrogen) atoms. The molecule has 2 unspecified atom stereocenters. The van der Waals surface area contributed by atoms with Crippen LogP contribution < -0.4 is 5.73 Å². The number of hydrogen-bond acceptors (Lipinski definition) is 2. The summed E-state index contributed by atoms with van der Waals surface area (Å²) in [4.78, 5) is 0. The number of hydrogen-bond donors (Lipinski definition) is 1. The minimum absolute atomic E-state index is 0.0292. The fourth-order valence-corrected chi connectivity index (χ4v) is 1.89. The zero-order valence-electron chi connectivity index (χ0n) is 9.76. The van der Waals surface area contributed by atoms with Gasteiger partial charge >= 0.3 is 0 Å². The predicted molar refractivity (Wildman–Crippen MR) is 57.7 cm³/mol. The quantitative estimate of drug-likeness (QED) is 0.693. The first-order chi connectivity index (χ1) is 5.99. The van der Waals surface area contributed by atoms with Crippen molar-refractivity contribution in [2.24, 2.45) is 17.6 Å². The van der Waals surface area contributed by atoms with Gasteiger partial charge < -0.3 is 10.5 Å². The first-order valence-corrected chi connectivity index (χ1v) is 5.26. The van der Waals surface area contributed by atoms with Crippen LogP contribution in [0, 0.1) is 11.8 Å². The standard InChI is InChI=1S/C11H25NO/c1-6-11(12,9(2)3)10(4)7-8-13-5/h9-10H,6-8,12H2,1-5H3. The highest BCUT2D eigenvalue weighted by atomic mass is 16.5. The van der Waals surface area contributed by atoms with Gasteiger partial charge in [-0.3, -0.25) is 0 Å². The first kappa shape index (κ1) is 12.9. The molecule has 0 aromatic carbocycles. The average Bonchev–Trinajstić information content (AvgIpc) is 2.12. The molecule has 0 aliphatic rings. The molecule has 0 fully saturated rings. The van der Waals surface area contributed by atoms with Crippen molar-refractivity contribution in [2.75, 3.05) is 13.7 Å². The van der Waals surface area contributed by atoms with Gasteiger partial charge in [-0.2, -0.15) is 0 Å². The van der Waals surface area contributed by atoms with Crippen molar-refractivity contribution < 1.29 is 4.74 Å². The Labute approximate surface area is 82.8 Å². The number of rotatable bonds is 6. The molecule has 0 radical (unpaired) electrons. The van der Waals surface area contributed by atoms with E-state index in [1.807, 2.05) is 0 Å². The maximum Gasteiger partial charge on any atom is 0.0465 e. The Kier molecular flexibility index (Phi) is 5.57. The van der Waals surface area contributed by atoms with Crippen LogP contribution in [0.15, 0.2) is 0 Å². The summed E-state index contributed by atoms with van der Waals surface area (Å²) in [5.74, 6) is 1.06. The largest absolute Gasteiger partial charge is 0.385 e. The van der Waals surface area contributed by atoms with Crippen molar-refractivity contribution in [2.45, 2.75) is 46.1 Å². The van der Waals surface area contributed by atoms with Crippen molar-refractivity contribution >= 4 is 0 Å². The van der Waals surface area contributed by atoms with Crippen molar-refractivity contribution in [1.82, 2.24) is 0 Å². The van der Waals surface area contributed by atoms with Crippen LogP contribution in [0.25, 0.3) is 0 Å². The van der Waals surface area contributed by atoms with E-state index < -0.39 is 0 Å². The van der Waals surface area contributed by atoms with Gasteiger partial charge in [-0.25, -0.2) is 0 Å². The molecular formula is C11H25NO. The predicted octanol–water partition coefficient (Wildman–Crippen LogP) is 2.42. The molecule has 0 amide bonds. The molecule has 2 heteroatoms. The number of ether oxygens (including phenoxy) is 1. The van der Waals surface area contributed by atoms with E-state index in [1.54, 1.807) is 7.11 Å². The lowest BCUT2D eigenvalue weighted by Crippen LogP contribution is -2.50. The molecule has 0 spiro atoms. The molecule has 0 heterocycles. The third-order valence-corrected chi connectivity index (χ3v) is 3.36. The van der Waals surface area contributed by atoms with E-state index in [0.717, 1.165) is 19.4 Å². The third kappa shape index (κ3) is 3.28. The van der Waals surface area contributed by atoms with Gasteiger partial charge in [0, 0.05) is 19.3 Å². The smallest absolute Gasteiger partial charge is 0.0465 e. The van der Waals surface area contributed by atoms with E-state index in [9.17, 15) is 0 Å². The van der Waals surface area contributed by atoms with Gasteiger partial charge in [0.15, 0.2) is 0 Å². The summed E-state index contributed by atoms with van der Waals surface area (Å²) in [6.07, 6.45) is 2.09. The van der Waals surface area contributed by atoms with E-state index in [0.29, 0.717) is 11.8 Å². The van der Waals surface area contributed by atoms with Crippen LogP contribution in [0.2, 0.25) is 0 Å². The van der Waals surface area contributed by atoms with Crippen LogP contribution in [0.4, 0.5) is 0 Å². The Balaban J connectivity index is 4.20. The van der Waals surface area contributed by atoms with Crippen molar-refractivity contribution in [1.29, 1.82) is 0 Å². The fraction of sp³-hybridized carbons (Fsp3) is 1.00. The zero-order valence-corrected chi connectivity index (χ0v) is 9.76. The maximum absolute atomic E-state index is 6.37. The molecule has 2 nitrogen and oxygen atoms in total. The van der Waals surface area contributed by atoms with Crippen molar-refractivity contribution in [3.8, 4) is 0 Å². The second-order valence-corrected chi connectivity index (χ2v) is 4.30. The summed E-state index contributed by atoms with van der Waals surface area (Å²) in [6, 6.07) is 0. The summed E-state index contributed by atoms with van der Waals surface area (Å²) in [6.45, 7) is 9.61. The highest BCUT2D eigenvalue weighted by Gasteiger charge is 2.32. The van der Waals surface area contributed by atoms with Crippen LogP contribution in [0.1, 0.15) is 40.5 Å². The van der Waals surface area contributed by atoms with Crippen LogP contribution in [0.5, 0.6) is 0 Å². The minimum Gasteiger partial charge on any atom is -0.385 e. The molecule has 2 atom stereocenters. The van der Waals surface area contributed by atoms with E-state index in [4.69, 9.17) is 10.5 Å². The van der Waals surface area contributed by atoms with Gasteiger partial charge in [0.25, 0.3) is 0 Å². The van der Waals surface area contributed by atoms with Gasteiger partial charge in [0.1, 0.15) is 0 Å². The van der Waals surface area contributed by atoms with Crippen LogP contribution >= 0.6 is 0 Å². The van der Waals surface area contributed by atoms with E-state index >= 15 is 0 Å². The lowest BCUT2D eigenvalue weighted by Gasteiger charge is -2.38. The topological polar surface area (TPSA) is 35.2 Å². The zero-order chi connectivity index (χ0) is 10.5. The van der Waals surface area contributed by atoms with Crippen molar-refractivity contribution in [3.05, 3.63) is 0 Å². The lowest BCUT2D eigenvalue weighted by molar-refractivity contribution is 0.131. The van der Waals surface area contributed by atoms with Crippen molar-refractivity contribution in [3.63, 3.8) is 0 Å². The summed E-state index contributed by atoms with van der Waals surface area (Å²) < 4.78 is 5.08. The first-order valence-electron chi connectivity index (χ1n) is 5.26. The van der Waals surface area contributed by atoms with E-state index in [-0.39, 0.29) is 5.54 Å². The molecule has 0 saturated heterocycles. The molecule has 80 valence electrons. The summed E-state index contributed by atoms with van der Waals surface area (Å²) >= 11 is 0. The SMILES string of the molecule is CCC(N)(C(C)C)C(C)CCOC. The average molecular weight is 187 g/mol. The second-order valence-electron chi connectivity index (χ2n) is 4.30. The van der Waals surface area contributed by atoms with E-state index in [1.165, 1.54) is 0 Å². The van der Waals surface area contributed by atoms with Crippen LogP contribution in [-0.2, 0) is 4.74 Å². The van der Waals surface area contributed by atoms with Gasteiger partial charge in [0.2, 0.25) is 0 Å². The molecule has 0 bridgehead atoms. The highest BCUT2D eigenvalue weighted by molar-refractivity contribution is 4.90. The molecule has 0 aromatic heterocycles. The normalized spacial score (nSPS) is 18.7. The molecule has 0 saturated carbocycles. The fourth-order valence-electron chi connectivity index (χ4n) is 1.89. The maximum atomic E-state index is 6.37. The lowest BCUT2D eigenvalue weighted by atomic mass is 9.74. The molecule has 0 aromatic rings. The van der Waals surface area contributed by atoms with Gasteiger partial charge in [-0.15, -0.1) is 0 Å². The Morgan fingerprint density at radius 1 is 1.31 bits per heavy atom. The highest BCUT2D eigenvalue weighted by Crippen LogP contribution is 2.29. The Morgan fingerprint density at radius 2 is 1.85 bits per heavy atom. The Hall–Kier alpha value is -0.0800. The number of nitrogens with two attached hydrogens (primary N) is 1. The summed E-state index contributed by atoms with van der Waals surface area (Å²) in [5, 5.41) is 0. The summed E-state index contributed by atoms with van der Waals surface area (Å²) in [5.41, 5.74) is 6.34. The molecular weight excluding hydrogens is 162 g/mol. The van der Waals surface area contributed by atoms with Gasteiger partial charge in [0.05, 0.1) is 0 Å². The molecule has 0 rings (SSSR count). The van der Waals surface area contributed by atoms with E-state index in [2.05, 4.69) is 27.7 Å². The second kappa shape index (κ2) is 5.61. The summed E-state index contributed by atoms with van der Waals surface area (Å²) in [7, 11) is 1.74. The van der Waals surface area contributed by atoms with Crippen LogP contribution in [0.3, 0.4) is 0 Å². The monoisotopic (exact) mass is 187 g/mol. The minimum atomic E-state index is -0.0292.